The van der Waals surface area contributed by atoms with Gasteiger partial charge in [0.25, 0.3) is 0 Å². The standard InChI is InChI=1S/C18H22ClNO/c1-3-11-20-18(13-14-7-4-5-10-17(14)19)15-8-6-9-16(12-15)21-2/h4-10,12,18,20H,3,11,13H2,1-2H3. The first-order chi connectivity index (χ1) is 10.2. The highest BCUT2D eigenvalue weighted by Crippen LogP contribution is 2.25. The van der Waals surface area contributed by atoms with Gasteiger partial charge in [0.05, 0.1) is 7.11 Å². The van der Waals surface area contributed by atoms with Gasteiger partial charge >= 0.3 is 0 Å². The van der Waals surface area contributed by atoms with Crippen molar-refractivity contribution < 1.29 is 4.74 Å². The van der Waals surface area contributed by atoms with E-state index < -0.39 is 0 Å². The largest absolute Gasteiger partial charge is 0.497 e. The van der Waals surface area contributed by atoms with Crippen molar-refractivity contribution in [3.63, 3.8) is 0 Å². The fourth-order valence-electron chi connectivity index (χ4n) is 2.37. The molecular formula is C18H22ClNO. The summed E-state index contributed by atoms with van der Waals surface area (Å²) in [4.78, 5) is 0. The molecule has 0 aliphatic rings. The lowest BCUT2D eigenvalue weighted by Gasteiger charge is -2.20. The molecule has 0 fully saturated rings. The van der Waals surface area contributed by atoms with Gasteiger partial charge in [-0.15, -0.1) is 0 Å². The highest BCUT2D eigenvalue weighted by molar-refractivity contribution is 6.31. The van der Waals surface area contributed by atoms with Gasteiger partial charge in [-0.3, -0.25) is 0 Å². The molecule has 2 aromatic rings. The summed E-state index contributed by atoms with van der Waals surface area (Å²) in [6.07, 6.45) is 1.97. The fraction of sp³-hybridized carbons (Fsp3) is 0.333. The van der Waals surface area contributed by atoms with E-state index >= 15 is 0 Å². The highest BCUT2D eigenvalue weighted by Gasteiger charge is 2.13. The molecule has 0 bridgehead atoms. The molecule has 112 valence electrons. The number of nitrogens with one attached hydrogen (secondary N) is 1. The maximum absolute atomic E-state index is 6.30. The molecule has 21 heavy (non-hydrogen) atoms. The van der Waals surface area contributed by atoms with E-state index in [1.54, 1.807) is 7.11 Å². The molecule has 3 heteroatoms. The van der Waals surface area contributed by atoms with Gasteiger partial charge in [-0.2, -0.15) is 0 Å². The summed E-state index contributed by atoms with van der Waals surface area (Å²) in [5.41, 5.74) is 2.39. The summed E-state index contributed by atoms with van der Waals surface area (Å²) in [5, 5.41) is 4.42. The maximum atomic E-state index is 6.30. The molecule has 0 amide bonds. The summed E-state index contributed by atoms with van der Waals surface area (Å²) < 4.78 is 5.33. The van der Waals surface area contributed by atoms with Gasteiger partial charge in [-0.1, -0.05) is 48.9 Å². The van der Waals surface area contributed by atoms with Crippen LogP contribution in [0.15, 0.2) is 48.5 Å². The van der Waals surface area contributed by atoms with Crippen molar-refractivity contribution in [3.8, 4) is 5.75 Å². The molecular weight excluding hydrogens is 282 g/mol. The van der Waals surface area contributed by atoms with Crippen LogP contribution in [0.5, 0.6) is 5.75 Å². The smallest absolute Gasteiger partial charge is 0.119 e. The Morgan fingerprint density at radius 3 is 2.67 bits per heavy atom. The maximum Gasteiger partial charge on any atom is 0.119 e. The third kappa shape index (κ3) is 4.48. The van der Waals surface area contributed by atoms with E-state index in [9.17, 15) is 0 Å². The van der Waals surface area contributed by atoms with Crippen LogP contribution in [0.4, 0.5) is 0 Å². The molecule has 0 aliphatic heterocycles. The van der Waals surface area contributed by atoms with Crippen LogP contribution in [0.3, 0.4) is 0 Å². The number of methoxy groups -OCH3 is 1. The molecule has 2 aromatic carbocycles. The minimum absolute atomic E-state index is 0.236. The zero-order chi connectivity index (χ0) is 15.1. The number of benzene rings is 2. The Bertz CT molecular complexity index is 571. The molecule has 1 N–H and O–H groups in total. The van der Waals surface area contributed by atoms with Crippen LogP contribution in [0, 0.1) is 0 Å². The van der Waals surface area contributed by atoms with Gasteiger partial charge in [0.15, 0.2) is 0 Å². The second-order valence-electron chi connectivity index (χ2n) is 5.08. The van der Waals surface area contributed by atoms with E-state index in [1.807, 2.05) is 30.3 Å². The molecule has 0 radical (unpaired) electrons. The normalized spacial score (nSPS) is 12.1. The molecule has 1 unspecified atom stereocenters. The van der Waals surface area contributed by atoms with Gasteiger partial charge in [0.2, 0.25) is 0 Å². The first-order valence-corrected chi connectivity index (χ1v) is 7.73. The Hall–Kier alpha value is -1.51. The van der Waals surface area contributed by atoms with E-state index in [1.165, 1.54) is 5.56 Å². The van der Waals surface area contributed by atoms with Crippen LogP contribution in [0.2, 0.25) is 5.02 Å². The van der Waals surface area contributed by atoms with Gasteiger partial charge in [-0.25, -0.2) is 0 Å². The fourth-order valence-corrected chi connectivity index (χ4v) is 2.58. The zero-order valence-electron chi connectivity index (χ0n) is 12.6. The summed E-state index contributed by atoms with van der Waals surface area (Å²) in [7, 11) is 1.70. The zero-order valence-corrected chi connectivity index (χ0v) is 13.4. The molecule has 2 rings (SSSR count). The molecule has 2 nitrogen and oxygen atoms in total. The Labute approximate surface area is 132 Å². The van der Waals surface area contributed by atoms with Crippen molar-refractivity contribution in [2.45, 2.75) is 25.8 Å². The predicted molar refractivity (Wildman–Crippen MR) is 89.2 cm³/mol. The Morgan fingerprint density at radius 1 is 1.14 bits per heavy atom. The number of hydrogen-bond donors (Lipinski definition) is 1. The molecule has 0 saturated carbocycles. The number of ether oxygens (including phenoxy) is 1. The van der Waals surface area contributed by atoms with Gasteiger partial charge in [0, 0.05) is 11.1 Å². The number of hydrogen-bond acceptors (Lipinski definition) is 2. The van der Waals surface area contributed by atoms with Crippen molar-refractivity contribution >= 4 is 11.6 Å². The van der Waals surface area contributed by atoms with E-state index in [0.717, 1.165) is 35.7 Å². The van der Waals surface area contributed by atoms with E-state index in [2.05, 4.69) is 30.4 Å². The molecule has 1 atom stereocenters. The predicted octanol–water partition coefficient (Wildman–Crippen LogP) is 4.63. The third-order valence-electron chi connectivity index (χ3n) is 3.52. The second kappa shape index (κ2) is 8.06. The van der Waals surface area contributed by atoms with Crippen LogP contribution in [-0.4, -0.2) is 13.7 Å². The Kier molecular flexibility index (Phi) is 6.09. The van der Waals surface area contributed by atoms with E-state index in [0.29, 0.717) is 0 Å². The quantitative estimate of drug-likeness (QED) is 0.805. The second-order valence-corrected chi connectivity index (χ2v) is 5.49. The van der Waals surface area contributed by atoms with E-state index in [4.69, 9.17) is 16.3 Å². The van der Waals surface area contributed by atoms with Crippen LogP contribution in [0.25, 0.3) is 0 Å². The summed E-state index contributed by atoms with van der Waals surface area (Å²) in [6, 6.07) is 16.5. The van der Waals surface area contributed by atoms with Crippen LogP contribution in [-0.2, 0) is 6.42 Å². The first-order valence-electron chi connectivity index (χ1n) is 7.35. The lowest BCUT2D eigenvalue weighted by atomic mass is 9.98. The third-order valence-corrected chi connectivity index (χ3v) is 3.89. The van der Waals surface area contributed by atoms with E-state index in [-0.39, 0.29) is 6.04 Å². The van der Waals surface area contributed by atoms with Gasteiger partial charge in [-0.05, 0) is 48.7 Å². The number of rotatable bonds is 7. The van der Waals surface area contributed by atoms with Crippen molar-refractivity contribution in [3.05, 3.63) is 64.7 Å². The lowest BCUT2D eigenvalue weighted by molar-refractivity contribution is 0.412. The first kappa shape index (κ1) is 15.9. The Balaban J connectivity index is 2.23. The SMILES string of the molecule is CCCNC(Cc1ccccc1Cl)c1cccc(OC)c1. The van der Waals surface area contributed by atoms with Crippen molar-refractivity contribution in [1.29, 1.82) is 0 Å². The van der Waals surface area contributed by atoms with Crippen LogP contribution < -0.4 is 10.1 Å². The molecule has 0 spiro atoms. The van der Waals surface area contributed by atoms with Crippen molar-refractivity contribution in [2.75, 3.05) is 13.7 Å². The Morgan fingerprint density at radius 2 is 1.95 bits per heavy atom. The van der Waals surface area contributed by atoms with Crippen molar-refractivity contribution in [1.82, 2.24) is 5.32 Å². The average molecular weight is 304 g/mol. The monoisotopic (exact) mass is 303 g/mol. The summed E-state index contributed by atoms with van der Waals surface area (Å²) in [6.45, 7) is 3.15. The molecule has 0 aliphatic carbocycles. The average Bonchev–Trinajstić information content (AvgIpc) is 2.53. The van der Waals surface area contributed by atoms with Gasteiger partial charge in [0.1, 0.15) is 5.75 Å². The van der Waals surface area contributed by atoms with Crippen LogP contribution >= 0.6 is 11.6 Å². The van der Waals surface area contributed by atoms with Gasteiger partial charge < -0.3 is 10.1 Å². The lowest BCUT2D eigenvalue weighted by Crippen LogP contribution is -2.24. The molecule has 0 aromatic heterocycles. The topological polar surface area (TPSA) is 21.3 Å². The van der Waals surface area contributed by atoms with Crippen molar-refractivity contribution in [2.24, 2.45) is 0 Å². The highest BCUT2D eigenvalue weighted by atomic mass is 35.5. The minimum Gasteiger partial charge on any atom is -0.497 e. The molecule has 0 saturated heterocycles. The van der Waals surface area contributed by atoms with Crippen LogP contribution in [0.1, 0.15) is 30.5 Å². The molecule has 0 heterocycles. The summed E-state index contributed by atoms with van der Waals surface area (Å²) >= 11 is 6.30. The summed E-state index contributed by atoms with van der Waals surface area (Å²) in [5.74, 6) is 0.884. The minimum atomic E-state index is 0.236. The number of halogens is 1.